The van der Waals surface area contributed by atoms with E-state index in [1.165, 1.54) is 6.42 Å². The smallest absolute Gasteiger partial charge is 0.186 e. The molecule has 0 saturated heterocycles. The van der Waals surface area contributed by atoms with E-state index >= 15 is 0 Å². The van der Waals surface area contributed by atoms with Crippen LogP contribution < -0.4 is 0 Å². The zero-order valence-corrected chi connectivity index (χ0v) is 20.1. The molecule has 1 aromatic carbocycles. The third-order valence-electron chi connectivity index (χ3n) is 10.5. The molecule has 0 radical (unpaired) electrons. The summed E-state index contributed by atoms with van der Waals surface area (Å²) >= 11 is 1.55. The molecule has 4 fully saturated rings. The van der Waals surface area contributed by atoms with Gasteiger partial charge < -0.3 is 10.2 Å². The maximum Gasteiger partial charge on any atom is 0.186 e. The lowest BCUT2D eigenvalue weighted by Crippen LogP contribution is -2.64. The molecule has 0 bridgehead atoms. The Hall–Kier alpha value is -0.840. The molecule has 4 saturated carbocycles. The van der Waals surface area contributed by atoms with Gasteiger partial charge in [0.25, 0.3) is 0 Å². The van der Waals surface area contributed by atoms with Crippen LogP contribution in [0.3, 0.4) is 0 Å². The summed E-state index contributed by atoms with van der Waals surface area (Å²) in [5, 5.41) is 25.0. The lowest BCUT2D eigenvalue weighted by atomic mass is 9.43. The Morgan fingerprint density at radius 2 is 1.68 bits per heavy atom. The van der Waals surface area contributed by atoms with Gasteiger partial charge in [-0.2, -0.15) is 0 Å². The summed E-state index contributed by atoms with van der Waals surface area (Å²) in [5.41, 5.74) is -1.05. The van der Waals surface area contributed by atoms with Crippen LogP contribution in [0.2, 0.25) is 0 Å². The SMILES string of the molecule is CC(=O)SC1CC[C@@]2(C)C(CC[C@@H]3[C@H]2CC[C@]2(C)C(O)(c4ccccc4)CC[C@@]32O)C1. The summed E-state index contributed by atoms with van der Waals surface area (Å²) < 4.78 is 0. The van der Waals surface area contributed by atoms with Gasteiger partial charge in [-0.15, -0.1) is 0 Å². The van der Waals surface area contributed by atoms with Crippen LogP contribution >= 0.6 is 11.8 Å². The van der Waals surface area contributed by atoms with Crippen LogP contribution in [0.4, 0.5) is 0 Å². The zero-order chi connectivity index (χ0) is 22.1. The molecule has 2 N–H and O–H groups in total. The molecule has 0 amide bonds. The molecule has 0 aromatic heterocycles. The lowest BCUT2D eigenvalue weighted by molar-refractivity contribution is -0.235. The number of rotatable bonds is 2. The highest BCUT2D eigenvalue weighted by molar-refractivity contribution is 8.14. The molecule has 3 unspecified atom stereocenters. The molecule has 0 heterocycles. The fourth-order valence-corrected chi connectivity index (χ4v) is 9.76. The van der Waals surface area contributed by atoms with E-state index in [2.05, 4.69) is 13.8 Å². The summed E-state index contributed by atoms with van der Waals surface area (Å²) in [7, 11) is 0. The number of hydrogen-bond acceptors (Lipinski definition) is 4. The highest BCUT2D eigenvalue weighted by Crippen LogP contribution is 2.71. The number of fused-ring (bicyclic) bond motifs is 5. The molecule has 4 aliphatic carbocycles. The van der Waals surface area contributed by atoms with Crippen molar-refractivity contribution in [3.05, 3.63) is 35.9 Å². The fraction of sp³-hybridized carbons (Fsp3) is 0.741. The van der Waals surface area contributed by atoms with Gasteiger partial charge in [0.05, 0.1) is 11.2 Å². The molecule has 0 spiro atoms. The quantitative estimate of drug-likeness (QED) is 0.619. The van der Waals surface area contributed by atoms with E-state index in [-0.39, 0.29) is 16.4 Å². The van der Waals surface area contributed by atoms with Gasteiger partial charge in [-0.25, -0.2) is 0 Å². The number of carbonyl (C=O) groups is 1. The van der Waals surface area contributed by atoms with Crippen molar-refractivity contribution < 1.29 is 15.0 Å². The van der Waals surface area contributed by atoms with Gasteiger partial charge in [-0.05, 0) is 86.5 Å². The van der Waals surface area contributed by atoms with Gasteiger partial charge in [0.2, 0.25) is 0 Å². The summed E-state index contributed by atoms with van der Waals surface area (Å²) in [4.78, 5) is 11.7. The van der Waals surface area contributed by atoms with Gasteiger partial charge >= 0.3 is 0 Å². The van der Waals surface area contributed by atoms with Crippen LogP contribution in [0.25, 0.3) is 0 Å². The molecule has 4 aliphatic rings. The van der Waals surface area contributed by atoms with E-state index < -0.39 is 16.6 Å². The van der Waals surface area contributed by atoms with Crippen LogP contribution in [0.1, 0.15) is 84.1 Å². The first-order valence-electron chi connectivity index (χ1n) is 12.3. The maximum absolute atomic E-state index is 12.3. The summed E-state index contributed by atoms with van der Waals surface area (Å²) in [6, 6.07) is 10.1. The second-order valence-corrected chi connectivity index (χ2v) is 13.0. The Morgan fingerprint density at radius 1 is 0.935 bits per heavy atom. The summed E-state index contributed by atoms with van der Waals surface area (Å²) in [6.45, 7) is 6.34. The number of benzene rings is 1. The van der Waals surface area contributed by atoms with E-state index in [0.29, 0.717) is 29.9 Å². The predicted octanol–water partition coefficient (Wildman–Crippen LogP) is 5.68. The van der Waals surface area contributed by atoms with Crippen molar-refractivity contribution >= 4 is 16.9 Å². The Morgan fingerprint density at radius 3 is 2.39 bits per heavy atom. The van der Waals surface area contributed by atoms with Gasteiger partial charge in [0, 0.05) is 17.6 Å². The van der Waals surface area contributed by atoms with Gasteiger partial charge in [-0.1, -0.05) is 55.9 Å². The van der Waals surface area contributed by atoms with Gasteiger partial charge in [0.15, 0.2) is 5.12 Å². The third kappa shape index (κ3) is 2.97. The number of hydrogen-bond donors (Lipinski definition) is 2. The first-order valence-corrected chi connectivity index (χ1v) is 13.2. The molecule has 5 rings (SSSR count). The molecule has 1 aromatic rings. The number of thioether (sulfide) groups is 1. The van der Waals surface area contributed by atoms with Crippen molar-refractivity contribution in [1.82, 2.24) is 0 Å². The van der Waals surface area contributed by atoms with Crippen LogP contribution in [-0.4, -0.2) is 26.2 Å². The molecule has 3 nitrogen and oxygen atoms in total. The minimum Gasteiger partial charge on any atom is -0.389 e. The molecular formula is C27H38O3S. The molecule has 170 valence electrons. The van der Waals surface area contributed by atoms with E-state index in [1.807, 2.05) is 30.3 Å². The Labute approximate surface area is 191 Å². The van der Waals surface area contributed by atoms with Gasteiger partial charge in [0.1, 0.15) is 0 Å². The fourth-order valence-electron chi connectivity index (χ4n) is 8.72. The predicted molar refractivity (Wildman–Crippen MR) is 126 cm³/mol. The second kappa shape index (κ2) is 7.33. The molecular weight excluding hydrogens is 404 g/mol. The van der Waals surface area contributed by atoms with E-state index in [9.17, 15) is 15.0 Å². The highest BCUT2D eigenvalue weighted by atomic mass is 32.2. The lowest BCUT2D eigenvalue weighted by Gasteiger charge is -2.64. The largest absolute Gasteiger partial charge is 0.389 e. The summed E-state index contributed by atoms with van der Waals surface area (Å²) in [6.07, 6.45) is 8.94. The molecule has 8 atom stereocenters. The zero-order valence-electron chi connectivity index (χ0n) is 19.3. The van der Waals surface area contributed by atoms with Crippen molar-refractivity contribution in [3.8, 4) is 0 Å². The number of carbonyl (C=O) groups excluding carboxylic acids is 1. The van der Waals surface area contributed by atoms with Crippen LogP contribution in [0.15, 0.2) is 30.3 Å². The average molecular weight is 443 g/mol. The Kier molecular flexibility index (Phi) is 5.20. The standard InChI is InChI=1S/C27H38O3S/c1-18(28)31-21-11-13-24(2)20(17-21)9-10-23-22(24)12-14-25(3)26(29,15-16-27(23,25)30)19-7-5-4-6-8-19/h4-8,20-23,29-30H,9-17H2,1-3H3/t20?,21?,22-,23-,24+,25-,26?,27-/m1/s1. The van der Waals surface area contributed by atoms with Crippen molar-refractivity contribution in [2.24, 2.45) is 28.6 Å². The Balaban J connectivity index is 1.44. The van der Waals surface area contributed by atoms with E-state index in [4.69, 9.17) is 0 Å². The second-order valence-electron chi connectivity index (χ2n) is 11.5. The monoisotopic (exact) mass is 442 g/mol. The first kappa shape index (κ1) is 22.0. The minimum absolute atomic E-state index is 0.246. The molecule has 0 aliphatic heterocycles. The van der Waals surface area contributed by atoms with E-state index in [1.54, 1.807) is 18.7 Å². The minimum atomic E-state index is -0.957. The van der Waals surface area contributed by atoms with Crippen LogP contribution in [0, 0.1) is 28.6 Å². The van der Waals surface area contributed by atoms with Crippen LogP contribution in [0.5, 0.6) is 0 Å². The number of aliphatic hydroxyl groups is 2. The summed E-state index contributed by atoms with van der Waals surface area (Å²) in [5.74, 6) is 1.44. The molecule has 4 heteroatoms. The van der Waals surface area contributed by atoms with E-state index in [0.717, 1.165) is 44.1 Å². The average Bonchev–Trinajstić information content (AvgIpc) is 2.97. The van der Waals surface area contributed by atoms with Crippen molar-refractivity contribution in [1.29, 1.82) is 0 Å². The maximum atomic E-state index is 12.3. The van der Waals surface area contributed by atoms with Crippen molar-refractivity contribution in [2.45, 2.75) is 95.0 Å². The normalized spacial score (nSPS) is 49.1. The highest BCUT2D eigenvalue weighted by Gasteiger charge is 2.71. The third-order valence-corrected chi connectivity index (χ3v) is 11.6. The van der Waals surface area contributed by atoms with Gasteiger partial charge in [-0.3, -0.25) is 4.79 Å². The van der Waals surface area contributed by atoms with Crippen molar-refractivity contribution in [2.75, 3.05) is 0 Å². The topological polar surface area (TPSA) is 57.5 Å². The Bertz CT molecular complexity index is 857. The first-order chi connectivity index (χ1) is 14.6. The van der Waals surface area contributed by atoms with Crippen LogP contribution in [-0.2, 0) is 10.4 Å². The molecule has 31 heavy (non-hydrogen) atoms. The van der Waals surface area contributed by atoms with Crippen molar-refractivity contribution in [3.63, 3.8) is 0 Å².